The molecule has 0 spiro atoms. The van der Waals surface area contributed by atoms with Crippen molar-refractivity contribution < 1.29 is 13.2 Å². The number of benzene rings is 1. The van der Waals surface area contributed by atoms with Crippen molar-refractivity contribution >= 4 is 0 Å². The lowest BCUT2D eigenvalue weighted by atomic mass is 9.85. The molecule has 1 aliphatic rings. The minimum atomic E-state index is -4.26. The standard InChI is InChI=1S/C17H24F3N/c1-16(2,3)21-11-12-7-6-9-13(12)14-8-4-5-10-15(14)17(18,19)20/h4-5,8,10,12-13,21H,6-7,9,11H2,1-3H3. The summed E-state index contributed by atoms with van der Waals surface area (Å²) in [5.41, 5.74) is 0.0114. The lowest BCUT2D eigenvalue weighted by Crippen LogP contribution is -2.39. The third-order valence-corrected chi connectivity index (χ3v) is 4.22. The van der Waals surface area contributed by atoms with E-state index in [1.165, 1.54) is 12.1 Å². The molecule has 4 heteroatoms. The number of alkyl halides is 3. The first-order valence-corrected chi connectivity index (χ1v) is 7.59. The Labute approximate surface area is 124 Å². The predicted molar refractivity (Wildman–Crippen MR) is 79.3 cm³/mol. The lowest BCUT2D eigenvalue weighted by molar-refractivity contribution is -0.138. The van der Waals surface area contributed by atoms with Gasteiger partial charge in [-0.25, -0.2) is 0 Å². The zero-order valence-electron chi connectivity index (χ0n) is 12.9. The van der Waals surface area contributed by atoms with E-state index in [2.05, 4.69) is 26.1 Å². The molecule has 0 heterocycles. The molecule has 2 atom stereocenters. The molecule has 1 saturated carbocycles. The van der Waals surface area contributed by atoms with Gasteiger partial charge in [-0.1, -0.05) is 24.6 Å². The average molecular weight is 299 g/mol. The van der Waals surface area contributed by atoms with E-state index in [0.717, 1.165) is 25.8 Å². The van der Waals surface area contributed by atoms with Gasteiger partial charge < -0.3 is 5.32 Å². The van der Waals surface area contributed by atoms with Crippen molar-refractivity contribution in [3.05, 3.63) is 35.4 Å². The average Bonchev–Trinajstić information content (AvgIpc) is 2.82. The Morgan fingerprint density at radius 2 is 1.76 bits per heavy atom. The molecular formula is C17H24F3N. The second kappa shape index (κ2) is 5.99. The molecule has 118 valence electrons. The van der Waals surface area contributed by atoms with E-state index in [4.69, 9.17) is 0 Å². The number of hydrogen-bond acceptors (Lipinski definition) is 1. The van der Waals surface area contributed by atoms with Crippen LogP contribution in [0.15, 0.2) is 24.3 Å². The fourth-order valence-electron chi connectivity index (χ4n) is 3.21. The van der Waals surface area contributed by atoms with Crippen LogP contribution in [-0.4, -0.2) is 12.1 Å². The van der Waals surface area contributed by atoms with Crippen LogP contribution in [0.1, 0.15) is 57.1 Å². The third-order valence-electron chi connectivity index (χ3n) is 4.22. The van der Waals surface area contributed by atoms with Crippen molar-refractivity contribution in [2.45, 2.75) is 57.7 Å². The van der Waals surface area contributed by atoms with Crippen LogP contribution in [0, 0.1) is 5.92 Å². The third kappa shape index (κ3) is 4.22. The zero-order chi connectivity index (χ0) is 15.7. The Balaban J connectivity index is 2.21. The lowest BCUT2D eigenvalue weighted by Gasteiger charge is -2.28. The summed E-state index contributed by atoms with van der Waals surface area (Å²) in [7, 11) is 0. The molecule has 0 amide bonds. The first-order valence-electron chi connectivity index (χ1n) is 7.59. The van der Waals surface area contributed by atoms with Crippen LogP contribution in [-0.2, 0) is 6.18 Å². The maximum atomic E-state index is 13.2. The molecule has 2 rings (SSSR count). The molecule has 1 aromatic rings. The van der Waals surface area contributed by atoms with Crippen LogP contribution in [0.2, 0.25) is 0 Å². The molecule has 1 aliphatic carbocycles. The van der Waals surface area contributed by atoms with Gasteiger partial charge in [-0.15, -0.1) is 0 Å². The SMILES string of the molecule is CC(C)(C)NCC1CCCC1c1ccccc1C(F)(F)F. The van der Waals surface area contributed by atoms with Crippen LogP contribution in [0.25, 0.3) is 0 Å². The van der Waals surface area contributed by atoms with E-state index in [1.54, 1.807) is 12.1 Å². The van der Waals surface area contributed by atoms with Gasteiger partial charge in [0, 0.05) is 5.54 Å². The van der Waals surface area contributed by atoms with E-state index >= 15 is 0 Å². The first-order chi connectivity index (χ1) is 9.68. The van der Waals surface area contributed by atoms with Gasteiger partial charge in [0.15, 0.2) is 0 Å². The quantitative estimate of drug-likeness (QED) is 0.830. The van der Waals surface area contributed by atoms with Crippen LogP contribution < -0.4 is 5.32 Å². The number of rotatable bonds is 3. The predicted octanol–water partition coefficient (Wildman–Crippen LogP) is 4.98. The summed E-state index contributed by atoms with van der Waals surface area (Å²) >= 11 is 0. The topological polar surface area (TPSA) is 12.0 Å². The molecule has 0 saturated heterocycles. The van der Waals surface area contributed by atoms with E-state index in [-0.39, 0.29) is 17.4 Å². The van der Waals surface area contributed by atoms with Crippen molar-refractivity contribution in [2.24, 2.45) is 5.92 Å². The van der Waals surface area contributed by atoms with Crippen molar-refractivity contribution in [3.63, 3.8) is 0 Å². The van der Waals surface area contributed by atoms with Crippen molar-refractivity contribution in [2.75, 3.05) is 6.54 Å². The van der Waals surface area contributed by atoms with Gasteiger partial charge in [-0.05, 0) is 63.6 Å². The maximum Gasteiger partial charge on any atom is 0.416 e. The van der Waals surface area contributed by atoms with Crippen molar-refractivity contribution in [1.82, 2.24) is 5.32 Å². The van der Waals surface area contributed by atoms with E-state index < -0.39 is 11.7 Å². The minimum Gasteiger partial charge on any atom is -0.312 e. The second-order valence-corrected chi connectivity index (χ2v) is 7.01. The molecule has 1 aromatic carbocycles. The van der Waals surface area contributed by atoms with Crippen LogP contribution in [0.5, 0.6) is 0 Å². The molecule has 0 bridgehead atoms. The zero-order valence-corrected chi connectivity index (χ0v) is 12.9. The first kappa shape index (κ1) is 16.3. The number of nitrogens with one attached hydrogen (secondary N) is 1. The van der Waals surface area contributed by atoms with Gasteiger partial charge in [-0.2, -0.15) is 13.2 Å². The summed E-state index contributed by atoms with van der Waals surface area (Å²) in [6.07, 6.45) is -1.40. The Morgan fingerprint density at radius 3 is 2.38 bits per heavy atom. The Hall–Kier alpha value is -1.03. The van der Waals surface area contributed by atoms with Gasteiger partial charge in [0.05, 0.1) is 5.56 Å². The Bertz CT molecular complexity index is 474. The highest BCUT2D eigenvalue weighted by molar-refractivity contribution is 5.34. The molecule has 0 aromatic heterocycles. The summed E-state index contributed by atoms with van der Waals surface area (Å²) in [6.45, 7) is 7.03. The maximum absolute atomic E-state index is 13.2. The van der Waals surface area contributed by atoms with Crippen molar-refractivity contribution in [1.29, 1.82) is 0 Å². The van der Waals surface area contributed by atoms with Gasteiger partial charge >= 0.3 is 6.18 Å². The van der Waals surface area contributed by atoms with Crippen molar-refractivity contribution in [3.8, 4) is 0 Å². The van der Waals surface area contributed by atoms with Crippen LogP contribution >= 0.6 is 0 Å². The second-order valence-electron chi connectivity index (χ2n) is 7.01. The summed E-state index contributed by atoms with van der Waals surface area (Å²) < 4.78 is 39.6. The Kier molecular flexibility index (Phi) is 4.66. The highest BCUT2D eigenvalue weighted by atomic mass is 19.4. The van der Waals surface area contributed by atoms with Gasteiger partial charge in [-0.3, -0.25) is 0 Å². The fourth-order valence-corrected chi connectivity index (χ4v) is 3.21. The molecule has 1 nitrogen and oxygen atoms in total. The van der Waals surface area contributed by atoms with E-state index in [1.807, 2.05) is 0 Å². The summed E-state index contributed by atoms with van der Waals surface area (Å²) in [4.78, 5) is 0. The summed E-state index contributed by atoms with van der Waals surface area (Å²) in [5.74, 6) is 0.297. The largest absolute Gasteiger partial charge is 0.416 e. The molecule has 21 heavy (non-hydrogen) atoms. The van der Waals surface area contributed by atoms with E-state index in [9.17, 15) is 13.2 Å². The highest BCUT2D eigenvalue weighted by Crippen LogP contribution is 2.44. The molecule has 2 unspecified atom stereocenters. The molecule has 0 radical (unpaired) electrons. The van der Waals surface area contributed by atoms with Crippen LogP contribution in [0.3, 0.4) is 0 Å². The number of hydrogen-bond donors (Lipinski definition) is 1. The number of halogens is 3. The molecule has 1 fully saturated rings. The molecular weight excluding hydrogens is 275 g/mol. The van der Waals surface area contributed by atoms with Gasteiger partial charge in [0.2, 0.25) is 0 Å². The van der Waals surface area contributed by atoms with E-state index in [0.29, 0.717) is 5.56 Å². The monoisotopic (exact) mass is 299 g/mol. The summed E-state index contributed by atoms with van der Waals surface area (Å²) in [5, 5.41) is 3.44. The van der Waals surface area contributed by atoms with Gasteiger partial charge in [0.1, 0.15) is 0 Å². The Morgan fingerprint density at radius 1 is 1.10 bits per heavy atom. The smallest absolute Gasteiger partial charge is 0.312 e. The fraction of sp³-hybridized carbons (Fsp3) is 0.647. The highest BCUT2D eigenvalue weighted by Gasteiger charge is 2.38. The summed E-state index contributed by atoms with van der Waals surface area (Å²) in [6, 6.07) is 6.06. The minimum absolute atomic E-state index is 0.00329. The molecule has 1 N–H and O–H groups in total. The molecule has 0 aliphatic heterocycles. The van der Waals surface area contributed by atoms with Crippen LogP contribution in [0.4, 0.5) is 13.2 Å². The normalized spacial score (nSPS) is 23.5. The van der Waals surface area contributed by atoms with Gasteiger partial charge in [0.25, 0.3) is 0 Å².